The average molecular weight is 388 g/mol. The lowest BCUT2D eigenvalue weighted by molar-refractivity contribution is -0.385. The van der Waals surface area contributed by atoms with Gasteiger partial charge in [0.2, 0.25) is 0 Å². The van der Waals surface area contributed by atoms with Crippen LogP contribution in [-0.4, -0.2) is 41.6 Å². The number of hydrogen-bond donors (Lipinski definition) is 1. The van der Waals surface area contributed by atoms with Gasteiger partial charge in [0.05, 0.1) is 11.0 Å². The summed E-state index contributed by atoms with van der Waals surface area (Å²) in [5.41, 5.74) is 1.02. The fourth-order valence-electron chi connectivity index (χ4n) is 3.07. The van der Waals surface area contributed by atoms with Gasteiger partial charge in [-0.3, -0.25) is 19.8 Å². The molecule has 0 aliphatic carbocycles. The molecule has 0 aliphatic rings. The molecule has 1 N–H and O–H groups in total. The van der Waals surface area contributed by atoms with E-state index in [-0.39, 0.29) is 17.3 Å². The van der Waals surface area contributed by atoms with E-state index in [4.69, 9.17) is 0 Å². The third kappa shape index (κ3) is 5.30. The monoisotopic (exact) mass is 387 g/mol. The van der Waals surface area contributed by atoms with Crippen molar-refractivity contribution in [3.05, 3.63) is 69.8 Å². The summed E-state index contributed by atoms with van der Waals surface area (Å²) in [7, 11) is 0. The minimum Gasteiger partial charge on any atom is -0.350 e. The molecule has 6 nitrogen and oxygen atoms in total. The van der Waals surface area contributed by atoms with Crippen LogP contribution in [0.3, 0.4) is 0 Å². The van der Waals surface area contributed by atoms with Gasteiger partial charge in [0.15, 0.2) is 0 Å². The molecule has 0 heterocycles. The Labute approximate surface area is 164 Å². The van der Waals surface area contributed by atoms with Crippen LogP contribution in [0.4, 0.5) is 5.69 Å². The molecule has 1 unspecified atom stereocenters. The molecule has 144 valence electrons. The molecule has 0 spiro atoms. The second-order valence-electron chi connectivity index (χ2n) is 6.00. The Hall–Kier alpha value is -2.38. The molecule has 2 aromatic rings. The lowest BCUT2D eigenvalue weighted by Gasteiger charge is -2.30. The van der Waals surface area contributed by atoms with Gasteiger partial charge >= 0.3 is 0 Å². The van der Waals surface area contributed by atoms with Gasteiger partial charge in [-0.1, -0.05) is 44.2 Å². The van der Waals surface area contributed by atoms with Crippen molar-refractivity contribution in [3.8, 4) is 0 Å². The number of carbonyl (C=O) groups excluding carboxylic acids is 1. The number of amides is 1. The summed E-state index contributed by atoms with van der Waals surface area (Å²) in [4.78, 5) is 26.6. The number of likely N-dealkylation sites (N-methyl/N-ethyl adjacent to an activating group) is 1. The molecule has 2 aromatic carbocycles. The standard InChI is InChI=1S/C20H25N3O3S/c1-4-22(5-2)19(15-9-7-6-8-10-15)14-21-20(24)17-13-16(27-3)11-12-18(17)23(25)26/h6-13,19H,4-5,14H2,1-3H3,(H,21,24). The van der Waals surface area contributed by atoms with Crippen LogP contribution in [0.5, 0.6) is 0 Å². The summed E-state index contributed by atoms with van der Waals surface area (Å²) in [6.45, 7) is 6.22. The molecular formula is C20H25N3O3S. The zero-order chi connectivity index (χ0) is 19.8. The predicted molar refractivity (Wildman–Crippen MR) is 109 cm³/mol. The highest BCUT2D eigenvalue weighted by Crippen LogP contribution is 2.25. The Morgan fingerprint density at radius 3 is 2.41 bits per heavy atom. The maximum absolute atomic E-state index is 12.7. The van der Waals surface area contributed by atoms with Crippen LogP contribution in [0.15, 0.2) is 53.4 Å². The van der Waals surface area contributed by atoms with E-state index in [0.717, 1.165) is 23.5 Å². The molecule has 0 radical (unpaired) electrons. The number of nitrogens with zero attached hydrogens (tertiary/aromatic N) is 2. The first-order valence-corrected chi connectivity index (χ1v) is 10.1. The number of carbonyl (C=O) groups is 1. The van der Waals surface area contributed by atoms with Gasteiger partial charge in [0, 0.05) is 17.5 Å². The maximum atomic E-state index is 12.7. The second kappa shape index (κ2) is 10.1. The van der Waals surface area contributed by atoms with Crippen LogP contribution in [-0.2, 0) is 0 Å². The number of nitro benzene ring substituents is 1. The van der Waals surface area contributed by atoms with Crippen molar-refractivity contribution in [2.45, 2.75) is 24.8 Å². The zero-order valence-corrected chi connectivity index (χ0v) is 16.7. The van der Waals surface area contributed by atoms with Gasteiger partial charge in [0.25, 0.3) is 11.6 Å². The highest BCUT2D eigenvalue weighted by molar-refractivity contribution is 7.98. The van der Waals surface area contributed by atoms with Crippen molar-refractivity contribution in [1.29, 1.82) is 0 Å². The maximum Gasteiger partial charge on any atom is 0.282 e. The molecule has 0 fully saturated rings. The van der Waals surface area contributed by atoms with Crippen molar-refractivity contribution >= 4 is 23.4 Å². The minimum absolute atomic E-state index is 0.00735. The fourth-order valence-corrected chi connectivity index (χ4v) is 3.50. The minimum atomic E-state index is -0.516. The molecule has 7 heteroatoms. The van der Waals surface area contributed by atoms with Crippen molar-refractivity contribution in [3.63, 3.8) is 0 Å². The summed E-state index contributed by atoms with van der Waals surface area (Å²) in [6, 6.07) is 14.6. The molecular weight excluding hydrogens is 362 g/mol. The van der Waals surface area contributed by atoms with E-state index in [0.29, 0.717) is 6.54 Å². The van der Waals surface area contributed by atoms with E-state index < -0.39 is 10.8 Å². The first kappa shape index (κ1) is 20.9. The number of rotatable bonds is 9. The number of nitro groups is 1. The van der Waals surface area contributed by atoms with Gasteiger partial charge in [-0.05, 0) is 37.0 Å². The van der Waals surface area contributed by atoms with Crippen LogP contribution >= 0.6 is 11.8 Å². The fraction of sp³-hybridized carbons (Fsp3) is 0.350. The van der Waals surface area contributed by atoms with Gasteiger partial charge in [-0.15, -0.1) is 11.8 Å². The Morgan fingerprint density at radius 2 is 1.85 bits per heavy atom. The highest BCUT2D eigenvalue weighted by atomic mass is 32.2. The third-order valence-corrected chi connectivity index (χ3v) is 5.26. The van der Waals surface area contributed by atoms with Crippen LogP contribution in [0, 0.1) is 10.1 Å². The number of benzene rings is 2. The zero-order valence-electron chi connectivity index (χ0n) is 15.8. The van der Waals surface area contributed by atoms with Crippen LogP contribution < -0.4 is 5.32 Å². The SMILES string of the molecule is CCN(CC)C(CNC(=O)c1cc(SC)ccc1[N+](=O)[O-])c1ccccc1. The van der Waals surface area contributed by atoms with Gasteiger partial charge < -0.3 is 5.32 Å². The largest absolute Gasteiger partial charge is 0.350 e. The van der Waals surface area contributed by atoms with E-state index >= 15 is 0 Å². The summed E-state index contributed by atoms with van der Waals surface area (Å²) in [5, 5.41) is 14.2. The third-order valence-electron chi connectivity index (χ3n) is 4.54. The van der Waals surface area contributed by atoms with Crippen molar-refractivity contribution < 1.29 is 9.72 Å². The van der Waals surface area contributed by atoms with E-state index in [1.165, 1.54) is 17.8 Å². The number of nitrogens with one attached hydrogen (secondary N) is 1. The lowest BCUT2D eigenvalue weighted by atomic mass is 10.0. The first-order chi connectivity index (χ1) is 13.0. The summed E-state index contributed by atoms with van der Waals surface area (Å²) in [5.74, 6) is -0.425. The summed E-state index contributed by atoms with van der Waals surface area (Å²) < 4.78 is 0. The number of hydrogen-bond acceptors (Lipinski definition) is 5. The molecule has 27 heavy (non-hydrogen) atoms. The van der Waals surface area contributed by atoms with Gasteiger partial charge in [-0.2, -0.15) is 0 Å². The van der Waals surface area contributed by atoms with Crippen molar-refractivity contribution in [2.75, 3.05) is 25.9 Å². The van der Waals surface area contributed by atoms with Crippen LogP contribution in [0.25, 0.3) is 0 Å². The van der Waals surface area contributed by atoms with Gasteiger partial charge in [0.1, 0.15) is 5.56 Å². The van der Waals surface area contributed by atoms with Crippen molar-refractivity contribution in [1.82, 2.24) is 10.2 Å². The Balaban J connectivity index is 2.24. The highest BCUT2D eigenvalue weighted by Gasteiger charge is 2.23. The van der Waals surface area contributed by atoms with E-state index in [2.05, 4.69) is 24.1 Å². The first-order valence-electron chi connectivity index (χ1n) is 8.91. The molecule has 1 amide bonds. The topological polar surface area (TPSA) is 75.5 Å². The average Bonchev–Trinajstić information content (AvgIpc) is 2.70. The molecule has 1 atom stereocenters. The van der Waals surface area contributed by atoms with Gasteiger partial charge in [-0.25, -0.2) is 0 Å². The molecule has 0 saturated carbocycles. The van der Waals surface area contributed by atoms with E-state index in [1.807, 2.05) is 36.6 Å². The lowest BCUT2D eigenvalue weighted by Crippen LogP contribution is -2.38. The summed E-state index contributed by atoms with van der Waals surface area (Å²) >= 11 is 1.44. The normalized spacial score (nSPS) is 12.0. The molecule has 2 rings (SSSR count). The smallest absolute Gasteiger partial charge is 0.282 e. The molecule has 0 saturated heterocycles. The predicted octanol–water partition coefficient (Wildman–Crippen LogP) is 4.13. The Bertz CT molecular complexity index is 779. The van der Waals surface area contributed by atoms with E-state index in [9.17, 15) is 14.9 Å². The van der Waals surface area contributed by atoms with E-state index in [1.54, 1.807) is 12.1 Å². The summed E-state index contributed by atoms with van der Waals surface area (Å²) in [6.07, 6.45) is 1.87. The molecule has 0 aromatic heterocycles. The Kier molecular flexibility index (Phi) is 7.82. The quantitative estimate of drug-likeness (QED) is 0.398. The molecule has 0 aliphatic heterocycles. The van der Waals surface area contributed by atoms with Crippen molar-refractivity contribution in [2.24, 2.45) is 0 Å². The Morgan fingerprint density at radius 1 is 1.19 bits per heavy atom. The second-order valence-corrected chi connectivity index (χ2v) is 6.88. The molecule has 0 bridgehead atoms. The number of thioether (sulfide) groups is 1. The van der Waals surface area contributed by atoms with Crippen LogP contribution in [0.2, 0.25) is 0 Å². The van der Waals surface area contributed by atoms with Crippen LogP contribution in [0.1, 0.15) is 35.8 Å².